The summed E-state index contributed by atoms with van der Waals surface area (Å²) < 4.78 is 88.6. The molecule has 1 aliphatic rings. The summed E-state index contributed by atoms with van der Waals surface area (Å²) in [5.74, 6) is -3.78. The molecule has 0 radical (unpaired) electrons. The second-order valence-electron chi connectivity index (χ2n) is 14.1. The molecule has 0 unspecified atom stereocenters. The maximum atomic E-state index is 15.4. The molecule has 1 amide bonds. The van der Waals surface area contributed by atoms with Crippen molar-refractivity contribution in [3.8, 4) is 23.0 Å². The maximum absolute atomic E-state index is 15.4. The number of aryl methyl sites for hydroxylation is 1. The molecule has 0 aliphatic heterocycles. The fourth-order valence-electron chi connectivity index (χ4n) is 6.67. The highest BCUT2D eigenvalue weighted by Gasteiger charge is 2.51. The van der Waals surface area contributed by atoms with Crippen LogP contribution < -0.4 is 10.0 Å². The predicted molar refractivity (Wildman–Crippen MR) is 197 cm³/mol. The Bertz CT molecular complexity index is 2590. The Labute approximate surface area is 322 Å². The van der Waals surface area contributed by atoms with E-state index in [1.807, 2.05) is 0 Å². The van der Waals surface area contributed by atoms with Crippen molar-refractivity contribution in [1.29, 1.82) is 0 Å². The Balaban J connectivity index is 1.54. The van der Waals surface area contributed by atoms with Crippen LogP contribution in [0.4, 0.5) is 23.4 Å². The number of aromatic carboxylic acids is 1. The van der Waals surface area contributed by atoms with Gasteiger partial charge in [-0.1, -0.05) is 30.5 Å². The Hall–Kier alpha value is -5.51. The van der Waals surface area contributed by atoms with E-state index in [0.717, 1.165) is 18.4 Å². The average molecular weight is 816 g/mol. The number of halogens is 5. The number of amides is 1. The summed E-state index contributed by atoms with van der Waals surface area (Å²) in [6, 6.07) is 7.58. The van der Waals surface area contributed by atoms with E-state index in [1.54, 1.807) is 12.1 Å². The Morgan fingerprint density at radius 3 is 2.39 bits per heavy atom. The molecule has 19 heteroatoms. The van der Waals surface area contributed by atoms with Crippen LogP contribution in [0.2, 0.25) is 5.02 Å². The molecule has 2 atom stereocenters. The number of pyridine rings is 1. The highest BCUT2D eigenvalue weighted by Crippen LogP contribution is 2.47. The van der Waals surface area contributed by atoms with E-state index in [0.29, 0.717) is 21.8 Å². The van der Waals surface area contributed by atoms with Gasteiger partial charge < -0.3 is 15.5 Å². The minimum Gasteiger partial charge on any atom is -0.476 e. The van der Waals surface area contributed by atoms with Gasteiger partial charge in [0.25, 0.3) is 5.92 Å². The molecule has 4 N–H and O–H groups in total. The number of carboxylic acid groups (broad SMARTS) is 1. The van der Waals surface area contributed by atoms with Gasteiger partial charge >= 0.3 is 5.97 Å². The molecule has 3 aromatic heterocycles. The summed E-state index contributed by atoms with van der Waals surface area (Å²) >= 11 is 6.58. The first kappa shape index (κ1) is 40.2. The highest BCUT2D eigenvalue weighted by atomic mass is 35.5. The fraction of sp³-hybridized carbons (Fsp3) is 0.324. The molecule has 5 aromatic rings. The number of nitrogens with one attached hydrogen (secondary N) is 2. The van der Waals surface area contributed by atoms with Gasteiger partial charge in [0.15, 0.2) is 11.5 Å². The number of hydrogen-bond donors (Lipinski definition) is 4. The van der Waals surface area contributed by atoms with Gasteiger partial charge in [-0.25, -0.2) is 27.0 Å². The molecule has 56 heavy (non-hydrogen) atoms. The number of aliphatic hydroxyl groups is 1. The van der Waals surface area contributed by atoms with E-state index in [2.05, 4.69) is 32.1 Å². The fourth-order valence-corrected chi connectivity index (χ4v) is 7.41. The molecule has 6 rings (SSSR count). The van der Waals surface area contributed by atoms with E-state index in [-0.39, 0.29) is 57.1 Å². The minimum absolute atomic E-state index is 0.0453. The van der Waals surface area contributed by atoms with E-state index in [4.69, 9.17) is 16.6 Å². The van der Waals surface area contributed by atoms with Gasteiger partial charge in [0, 0.05) is 35.7 Å². The third-order valence-electron chi connectivity index (χ3n) is 8.95. The second kappa shape index (κ2) is 14.5. The van der Waals surface area contributed by atoms with Gasteiger partial charge in [-0.05, 0) is 68.5 Å². The summed E-state index contributed by atoms with van der Waals surface area (Å²) in [4.78, 5) is 30.6. The van der Waals surface area contributed by atoms with Crippen molar-refractivity contribution in [3.05, 3.63) is 93.0 Å². The van der Waals surface area contributed by atoms with Crippen LogP contribution in [0.5, 0.6) is 0 Å². The van der Waals surface area contributed by atoms with E-state index in [9.17, 15) is 37.0 Å². The number of fused-ring (bicyclic) bond motifs is 2. The van der Waals surface area contributed by atoms with E-state index < -0.39 is 75.0 Å². The Morgan fingerprint density at radius 1 is 1.11 bits per heavy atom. The van der Waals surface area contributed by atoms with Crippen molar-refractivity contribution in [3.63, 3.8) is 0 Å². The number of carbonyl (C=O) groups excluding carboxylic acids is 1. The van der Waals surface area contributed by atoms with Crippen molar-refractivity contribution >= 4 is 50.2 Å². The molecule has 1 aliphatic carbocycles. The summed E-state index contributed by atoms with van der Waals surface area (Å²) in [7, 11) is -2.29. The molecule has 0 fully saturated rings. The lowest BCUT2D eigenvalue weighted by atomic mass is 9.93. The number of alkyl halides is 2. The van der Waals surface area contributed by atoms with Crippen molar-refractivity contribution in [2.75, 3.05) is 11.0 Å². The number of carbonyl (C=O) groups is 2. The zero-order chi connectivity index (χ0) is 41.1. The zero-order valence-corrected chi connectivity index (χ0v) is 32.0. The molecule has 0 bridgehead atoms. The largest absolute Gasteiger partial charge is 0.476 e. The average Bonchev–Trinajstić information content (AvgIpc) is 3.67. The van der Waals surface area contributed by atoms with Crippen LogP contribution in [0.15, 0.2) is 42.5 Å². The molecular formula is C37H34ClF4N7O6S. The lowest BCUT2D eigenvalue weighted by Crippen LogP contribution is -2.35. The summed E-state index contributed by atoms with van der Waals surface area (Å²) in [6.45, 7) is 3.27. The number of sulfonamides is 1. The van der Waals surface area contributed by atoms with Crippen LogP contribution in [-0.2, 0) is 47.2 Å². The molecule has 0 spiro atoms. The van der Waals surface area contributed by atoms with Gasteiger partial charge in [-0.3, -0.25) is 18.9 Å². The molecule has 0 saturated carbocycles. The van der Waals surface area contributed by atoms with Crippen molar-refractivity contribution in [2.45, 2.75) is 57.7 Å². The van der Waals surface area contributed by atoms with Crippen LogP contribution >= 0.6 is 11.6 Å². The second-order valence-corrected chi connectivity index (χ2v) is 16.2. The Morgan fingerprint density at radius 2 is 1.77 bits per heavy atom. The lowest BCUT2D eigenvalue weighted by Gasteiger charge is -2.23. The van der Waals surface area contributed by atoms with Crippen LogP contribution in [0.25, 0.3) is 22.0 Å². The smallest absolute Gasteiger partial charge is 0.356 e. The molecule has 3 heterocycles. The van der Waals surface area contributed by atoms with Gasteiger partial charge in [-0.15, -0.1) is 0 Å². The van der Waals surface area contributed by atoms with Crippen LogP contribution in [-0.4, -0.2) is 66.9 Å². The third-order valence-corrected chi connectivity index (χ3v) is 9.83. The summed E-state index contributed by atoms with van der Waals surface area (Å²) in [5, 5.41) is 31.2. The molecular weight excluding hydrogens is 782 g/mol. The van der Waals surface area contributed by atoms with Crippen LogP contribution in [0.1, 0.15) is 65.5 Å². The first-order valence-corrected chi connectivity index (χ1v) is 19.1. The number of nitrogens with zero attached hydrogens (tertiary/aromatic N) is 5. The van der Waals surface area contributed by atoms with Crippen molar-refractivity contribution < 1.29 is 45.8 Å². The van der Waals surface area contributed by atoms with Gasteiger partial charge in [-0.2, -0.15) is 19.0 Å². The number of carboxylic acids is 1. The monoisotopic (exact) mass is 815 g/mol. The highest BCUT2D eigenvalue weighted by molar-refractivity contribution is 7.92. The number of benzene rings is 2. The molecule has 2 aromatic carbocycles. The first-order chi connectivity index (χ1) is 26.0. The van der Waals surface area contributed by atoms with Crippen LogP contribution in [0.3, 0.4) is 0 Å². The zero-order valence-electron chi connectivity index (χ0n) is 30.4. The standard InChI is InChI=1S/C37H34ClF4N7O6S/c1-18-12-25-31(35(51)52)45-49(33(25)37(18,41)42)17-28(50)44-27(15-19-13-20(39)16-21(40)14-19)30-23(7-6-22(43-30)10-11-36(2,3)53)24-8-9-26(38)29-32(24)48(4)46-34(29)47-56(5,54)55/h6-9,13-14,16,18,27,53H,12,15,17H2,1-5H3,(H,44,50)(H,46,47)(H,51,52)/t18-,27+/m1/s1. The van der Waals surface area contributed by atoms with Crippen molar-refractivity contribution in [2.24, 2.45) is 13.0 Å². The van der Waals surface area contributed by atoms with Crippen molar-refractivity contribution in [1.82, 2.24) is 29.9 Å². The summed E-state index contributed by atoms with van der Waals surface area (Å²) in [5.41, 5.74) is -1.81. The minimum atomic E-state index is -3.82. The van der Waals surface area contributed by atoms with Crippen LogP contribution in [0, 0.1) is 29.4 Å². The maximum Gasteiger partial charge on any atom is 0.356 e. The quantitative estimate of drug-likeness (QED) is 0.107. The van der Waals surface area contributed by atoms with Gasteiger partial charge in [0.05, 0.1) is 33.9 Å². The van der Waals surface area contributed by atoms with Gasteiger partial charge in [0.2, 0.25) is 15.9 Å². The molecule has 0 saturated heterocycles. The lowest BCUT2D eigenvalue weighted by molar-refractivity contribution is -0.123. The van der Waals surface area contributed by atoms with Gasteiger partial charge in [0.1, 0.15) is 35.2 Å². The normalized spacial score (nSPS) is 15.6. The predicted octanol–water partition coefficient (Wildman–Crippen LogP) is 5.34. The molecule has 294 valence electrons. The topological polar surface area (TPSA) is 181 Å². The van der Waals surface area contributed by atoms with E-state index in [1.165, 1.54) is 44.6 Å². The number of rotatable bonds is 10. The first-order valence-electron chi connectivity index (χ1n) is 16.9. The number of hydrogen-bond acceptors (Lipinski definition) is 8. The number of aromatic nitrogens is 5. The Kier molecular flexibility index (Phi) is 10.4. The third kappa shape index (κ3) is 8.20. The SMILES string of the molecule is C[C@@H]1Cc2c(C(=O)O)nn(CC(=O)N[C@@H](Cc3cc(F)cc(F)c3)c3nc(C#CC(C)(C)O)ccc3-c3ccc(Cl)c4c(NS(C)(=O)=O)nn(C)c34)c2C1(F)F. The summed E-state index contributed by atoms with van der Waals surface area (Å²) in [6.07, 6.45) is 0.331. The molecule has 13 nitrogen and oxygen atoms in total. The van der Waals surface area contributed by atoms with E-state index >= 15 is 8.78 Å². The number of anilines is 1.